The van der Waals surface area contributed by atoms with Crippen molar-refractivity contribution in [2.45, 2.75) is 51.4 Å². The second-order valence-electron chi connectivity index (χ2n) is 4.43. The number of halogens is 3. The SMILES string of the molecule is CCC1(CC)C(NC)CC1OCC(F)(F)F. The van der Waals surface area contributed by atoms with Crippen molar-refractivity contribution in [3.8, 4) is 0 Å². The number of ether oxygens (including phenoxy) is 1. The highest BCUT2D eigenvalue weighted by molar-refractivity contribution is 5.06. The van der Waals surface area contributed by atoms with Gasteiger partial charge in [-0.3, -0.25) is 0 Å². The normalized spacial score (nSPS) is 28.9. The summed E-state index contributed by atoms with van der Waals surface area (Å²) in [4.78, 5) is 0. The lowest BCUT2D eigenvalue weighted by atomic mass is 9.58. The molecule has 1 fully saturated rings. The molecule has 0 heterocycles. The predicted octanol–water partition coefficient (Wildman–Crippen LogP) is 2.73. The van der Waals surface area contributed by atoms with Crippen LogP contribution < -0.4 is 5.32 Å². The summed E-state index contributed by atoms with van der Waals surface area (Å²) in [6, 6.07) is 0.278. The van der Waals surface area contributed by atoms with Crippen molar-refractivity contribution in [2.75, 3.05) is 13.7 Å². The number of rotatable bonds is 5. The first kappa shape index (κ1) is 13.8. The molecule has 0 spiro atoms. The molecule has 0 radical (unpaired) electrons. The zero-order valence-corrected chi connectivity index (χ0v) is 10.0. The van der Waals surface area contributed by atoms with Gasteiger partial charge in [-0.2, -0.15) is 13.2 Å². The Morgan fingerprint density at radius 2 is 1.88 bits per heavy atom. The fourth-order valence-electron chi connectivity index (χ4n) is 2.78. The number of hydrogen-bond donors (Lipinski definition) is 1. The van der Waals surface area contributed by atoms with Crippen LogP contribution in [0.15, 0.2) is 0 Å². The second-order valence-corrected chi connectivity index (χ2v) is 4.43. The third-order valence-electron chi connectivity index (χ3n) is 3.90. The van der Waals surface area contributed by atoms with Crippen LogP contribution in [-0.4, -0.2) is 32.0 Å². The van der Waals surface area contributed by atoms with E-state index in [2.05, 4.69) is 5.32 Å². The first-order valence-electron chi connectivity index (χ1n) is 5.75. The van der Waals surface area contributed by atoms with E-state index in [1.165, 1.54) is 0 Å². The number of nitrogens with one attached hydrogen (secondary N) is 1. The molecule has 0 amide bonds. The van der Waals surface area contributed by atoms with E-state index in [0.717, 1.165) is 12.8 Å². The molecule has 0 aromatic heterocycles. The number of alkyl halides is 3. The molecule has 2 nitrogen and oxygen atoms in total. The van der Waals surface area contributed by atoms with Crippen molar-refractivity contribution >= 4 is 0 Å². The van der Waals surface area contributed by atoms with Gasteiger partial charge in [0.05, 0.1) is 6.10 Å². The van der Waals surface area contributed by atoms with Crippen molar-refractivity contribution in [2.24, 2.45) is 5.41 Å². The summed E-state index contributed by atoms with van der Waals surface area (Å²) >= 11 is 0. The van der Waals surface area contributed by atoms with Crippen LogP contribution in [0.1, 0.15) is 33.1 Å². The lowest BCUT2D eigenvalue weighted by Gasteiger charge is -2.55. The van der Waals surface area contributed by atoms with Crippen molar-refractivity contribution in [1.82, 2.24) is 5.32 Å². The first-order valence-corrected chi connectivity index (χ1v) is 5.75. The van der Waals surface area contributed by atoms with Gasteiger partial charge in [0.15, 0.2) is 0 Å². The third-order valence-corrected chi connectivity index (χ3v) is 3.90. The fourth-order valence-corrected chi connectivity index (χ4v) is 2.78. The summed E-state index contributed by atoms with van der Waals surface area (Å²) in [5.41, 5.74) is -0.125. The molecule has 1 aliphatic carbocycles. The van der Waals surface area contributed by atoms with E-state index < -0.39 is 12.8 Å². The summed E-state index contributed by atoms with van der Waals surface area (Å²) in [6.45, 7) is 2.89. The predicted molar refractivity (Wildman–Crippen MR) is 56.3 cm³/mol. The molecule has 2 atom stereocenters. The van der Waals surface area contributed by atoms with Gasteiger partial charge in [0.2, 0.25) is 0 Å². The highest BCUT2D eigenvalue weighted by Gasteiger charge is 2.53. The van der Waals surface area contributed by atoms with Gasteiger partial charge in [-0.25, -0.2) is 0 Å². The Balaban J connectivity index is 2.56. The smallest absolute Gasteiger partial charge is 0.368 e. The Morgan fingerprint density at radius 3 is 2.25 bits per heavy atom. The monoisotopic (exact) mass is 239 g/mol. The molecule has 0 bridgehead atoms. The van der Waals surface area contributed by atoms with Gasteiger partial charge in [-0.15, -0.1) is 0 Å². The highest BCUT2D eigenvalue weighted by Crippen LogP contribution is 2.49. The maximum Gasteiger partial charge on any atom is 0.411 e. The summed E-state index contributed by atoms with van der Waals surface area (Å²) in [7, 11) is 1.85. The average Bonchev–Trinajstić information content (AvgIpc) is 2.17. The van der Waals surface area contributed by atoms with E-state index in [4.69, 9.17) is 4.74 Å². The van der Waals surface area contributed by atoms with Crippen LogP contribution in [0, 0.1) is 5.41 Å². The molecule has 1 saturated carbocycles. The topological polar surface area (TPSA) is 21.3 Å². The van der Waals surface area contributed by atoms with Crippen molar-refractivity contribution in [1.29, 1.82) is 0 Å². The molecule has 0 aliphatic heterocycles. The van der Waals surface area contributed by atoms with E-state index in [9.17, 15) is 13.2 Å². The molecule has 0 aromatic carbocycles. The molecule has 16 heavy (non-hydrogen) atoms. The Bertz CT molecular complexity index is 226. The molecule has 0 aromatic rings. The Morgan fingerprint density at radius 1 is 1.31 bits per heavy atom. The molecule has 1 aliphatic rings. The van der Waals surface area contributed by atoms with Crippen LogP contribution in [0.4, 0.5) is 13.2 Å². The van der Waals surface area contributed by atoms with Gasteiger partial charge in [-0.05, 0) is 26.3 Å². The van der Waals surface area contributed by atoms with Gasteiger partial charge < -0.3 is 10.1 Å². The Hall–Kier alpha value is -0.290. The molecule has 0 saturated heterocycles. The van der Waals surface area contributed by atoms with E-state index in [0.29, 0.717) is 6.42 Å². The van der Waals surface area contributed by atoms with Crippen LogP contribution >= 0.6 is 0 Å². The molecule has 2 unspecified atom stereocenters. The minimum Gasteiger partial charge on any atom is -0.368 e. The average molecular weight is 239 g/mol. The summed E-state index contributed by atoms with van der Waals surface area (Å²) < 4.78 is 41.2. The third kappa shape index (κ3) is 2.51. The standard InChI is InChI=1S/C11H20F3NO/c1-4-10(5-2)8(15-3)6-9(10)16-7-11(12,13)14/h8-9,15H,4-7H2,1-3H3. The largest absolute Gasteiger partial charge is 0.411 e. The lowest BCUT2D eigenvalue weighted by molar-refractivity contribution is -0.224. The Labute approximate surface area is 94.5 Å². The van der Waals surface area contributed by atoms with E-state index in [-0.39, 0.29) is 17.6 Å². The van der Waals surface area contributed by atoms with Gasteiger partial charge in [0.25, 0.3) is 0 Å². The van der Waals surface area contributed by atoms with Crippen LogP contribution in [0.2, 0.25) is 0 Å². The van der Waals surface area contributed by atoms with Crippen LogP contribution in [-0.2, 0) is 4.74 Å². The van der Waals surface area contributed by atoms with E-state index in [1.54, 1.807) is 0 Å². The molecule has 1 N–H and O–H groups in total. The zero-order valence-electron chi connectivity index (χ0n) is 10.0. The van der Waals surface area contributed by atoms with Gasteiger partial charge >= 0.3 is 6.18 Å². The highest BCUT2D eigenvalue weighted by atomic mass is 19.4. The zero-order chi connectivity index (χ0) is 12.4. The second kappa shape index (κ2) is 4.92. The molecule has 96 valence electrons. The molecule has 1 rings (SSSR count). The summed E-state index contributed by atoms with van der Waals surface area (Å²) in [5.74, 6) is 0. The van der Waals surface area contributed by atoms with Crippen LogP contribution in [0.3, 0.4) is 0 Å². The van der Waals surface area contributed by atoms with E-state index >= 15 is 0 Å². The van der Waals surface area contributed by atoms with E-state index in [1.807, 2.05) is 20.9 Å². The van der Waals surface area contributed by atoms with Gasteiger partial charge in [-0.1, -0.05) is 13.8 Å². The maximum atomic E-state index is 12.1. The minimum absolute atomic E-state index is 0.125. The molecule has 5 heteroatoms. The first-order chi connectivity index (χ1) is 7.39. The van der Waals surface area contributed by atoms with Crippen molar-refractivity contribution in [3.05, 3.63) is 0 Å². The molecular weight excluding hydrogens is 219 g/mol. The Kier molecular flexibility index (Phi) is 4.23. The van der Waals surface area contributed by atoms with Crippen molar-refractivity contribution < 1.29 is 17.9 Å². The van der Waals surface area contributed by atoms with Gasteiger partial charge in [0.1, 0.15) is 6.61 Å². The molecular formula is C11H20F3NO. The minimum atomic E-state index is -4.22. The maximum absolute atomic E-state index is 12.1. The van der Waals surface area contributed by atoms with Gasteiger partial charge in [0, 0.05) is 11.5 Å². The number of hydrogen-bond acceptors (Lipinski definition) is 2. The summed E-state index contributed by atoms with van der Waals surface area (Å²) in [6.07, 6.45) is -2.12. The fraction of sp³-hybridized carbons (Fsp3) is 1.00. The van der Waals surface area contributed by atoms with Crippen LogP contribution in [0.25, 0.3) is 0 Å². The lowest BCUT2D eigenvalue weighted by Crippen LogP contribution is -2.63. The van der Waals surface area contributed by atoms with Crippen molar-refractivity contribution in [3.63, 3.8) is 0 Å². The quantitative estimate of drug-likeness (QED) is 0.796. The summed E-state index contributed by atoms with van der Waals surface area (Å²) in [5, 5.41) is 3.16. The van der Waals surface area contributed by atoms with Crippen LogP contribution in [0.5, 0.6) is 0 Å².